The average molecular weight is 441 g/mol. The molecule has 1 amide bonds. The summed E-state index contributed by atoms with van der Waals surface area (Å²) < 4.78 is 5.20. The van der Waals surface area contributed by atoms with Gasteiger partial charge in [0.1, 0.15) is 11.6 Å². The third-order valence-corrected chi connectivity index (χ3v) is 4.51. The Morgan fingerprint density at radius 3 is 2.66 bits per heavy atom. The van der Waals surface area contributed by atoms with Gasteiger partial charge in [0, 0.05) is 37.9 Å². The van der Waals surface area contributed by atoms with Crippen LogP contribution in [0.4, 0.5) is 5.82 Å². The van der Waals surface area contributed by atoms with E-state index in [9.17, 15) is 4.79 Å². The topological polar surface area (TPSA) is 86.7 Å². The largest absolute Gasteiger partial charge is 0.497 e. The zero-order chi connectivity index (χ0) is 19.1. The number of ether oxygens (including phenoxy) is 1. The fraction of sp³-hybridized carbons (Fsp3) is 0.300. The van der Waals surface area contributed by atoms with Gasteiger partial charge in [-0.2, -0.15) is 0 Å². The molecule has 158 valence electrons. The van der Waals surface area contributed by atoms with Crippen LogP contribution < -0.4 is 15.5 Å². The number of benzene rings is 1. The molecule has 9 heteroatoms. The summed E-state index contributed by atoms with van der Waals surface area (Å²) in [6.45, 7) is 2.93. The number of pyridine rings is 1. The number of methoxy groups -OCH3 is 1. The van der Waals surface area contributed by atoms with Crippen molar-refractivity contribution in [1.82, 2.24) is 15.4 Å². The van der Waals surface area contributed by atoms with Crippen molar-refractivity contribution in [3.05, 3.63) is 59.8 Å². The molecule has 0 spiro atoms. The summed E-state index contributed by atoms with van der Waals surface area (Å²) in [6.07, 6.45) is 5.59. The number of hydrogen-bond donors (Lipinski definition) is 3. The first-order valence-electron chi connectivity index (χ1n) is 8.86. The van der Waals surface area contributed by atoms with Gasteiger partial charge in [0.25, 0.3) is 5.91 Å². The SMILES string of the molecule is COc1ccc(CN2CC[C@@H](Nc3ccc(/C=C/C(=O)NO)cn3)C2)cc1.Cl.Cl. The summed E-state index contributed by atoms with van der Waals surface area (Å²) in [5.74, 6) is 1.12. The minimum atomic E-state index is -0.569. The van der Waals surface area contributed by atoms with Crippen LogP contribution in [-0.4, -0.2) is 47.2 Å². The highest BCUT2D eigenvalue weighted by Crippen LogP contribution is 2.19. The fourth-order valence-electron chi connectivity index (χ4n) is 3.09. The number of hydroxylamine groups is 1. The van der Waals surface area contributed by atoms with Gasteiger partial charge in [0.05, 0.1) is 7.11 Å². The minimum Gasteiger partial charge on any atom is -0.497 e. The molecular formula is C20H26Cl2N4O3. The van der Waals surface area contributed by atoms with Gasteiger partial charge in [-0.3, -0.25) is 14.9 Å². The second-order valence-electron chi connectivity index (χ2n) is 6.50. The first-order valence-corrected chi connectivity index (χ1v) is 8.86. The van der Waals surface area contributed by atoms with Crippen molar-refractivity contribution in [2.45, 2.75) is 19.0 Å². The molecule has 0 saturated carbocycles. The standard InChI is InChI=1S/C20H24N4O3.2ClH/c1-27-18-6-2-16(3-7-18)13-24-11-10-17(14-24)22-19-8-4-15(12-21-19)5-9-20(25)23-26;;/h2-9,12,17,26H,10-11,13-14H2,1H3,(H,21,22)(H,23,25);2*1H/b9-5+;;/t17-;;/m1../s1. The van der Waals surface area contributed by atoms with Crippen LogP contribution in [0.25, 0.3) is 6.08 Å². The second kappa shape index (κ2) is 12.3. The third kappa shape index (κ3) is 7.55. The number of anilines is 1. The van der Waals surface area contributed by atoms with Crippen molar-refractivity contribution in [3.63, 3.8) is 0 Å². The van der Waals surface area contributed by atoms with E-state index in [-0.39, 0.29) is 24.8 Å². The van der Waals surface area contributed by atoms with Crippen LogP contribution >= 0.6 is 24.8 Å². The fourth-order valence-corrected chi connectivity index (χ4v) is 3.09. The molecule has 2 heterocycles. The summed E-state index contributed by atoms with van der Waals surface area (Å²) in [4.78, 5) is 17.8. The summed E-state index contributed by atoms with van der Waals surface area (Å²) in [5.41, 5.74) is 3.62. The molecular weight excluding hydrogens is 415 g/mol. The number of carbonyl (C=O) groups excluding carboxylic acids is 1. The molecule has 1 atom stereocenters. The van der Waals surface area contributed by atoms with Crippen molar-refractivity contribution in [2.24, 2.45) is 0 Å². The van der Waals surface area contributed by atoms with Crippen molar-refractivity contribution >= 4 is 42.6 Å². The number of carbonyl (C=O) groups is 1. The molecule has 1 aliphatic rings. The van der Waals surface area contributed by atoms with Crippen LogP contribution in [0, 0.1) is 0 Å². The van der Waals surface area contributed by atoms with Gasteiger partial charge in [-0.1, -0.05) is 12.1 Å². The number of rotatable bonds is 7. The summed E-state index contributed by atoms with van der Waals surface area (Å²) in [7, 11) is 1.68. The lowest BCUT2D eigenvalue weighted by atomic mass is 10.2. The first kappa shape index (κ1) is 24.7. The lowest BCUT2D eigenvalue weighted by Gasteiger charge is -2.17. The molecule has 0 radical (unpaired) electrons. The van der Waals surface area contributed by atoms with E-state index in [1.807, 2.05) is 24.3 Å². The van der Waals surface area contributed by atoms with Crippen LogP contribution in [0.5, 0.6) is 5.75 Å². The molecule has 0 bridgehead atoms. The maximum Gasteiger partial charge on any atom is 0.267 e. The van der Waals surface area contributed by atoms with E-state index in [0.717, 1.165) is 43.2 Å². The molecule has 1 saturated heterocycles. The number of nitrogens with zero attached hydrogens (tertiary/aromatic N) is 2. The van der Waals surface area contributed by atoms with Crippen molar-refractivity contribution in [3.8, 4) is 5.75 Å². The molecule has 0 aliphatic carbocycles. The quantitative estimate of drug-likeness (QED) is 0.348. The highest BCUT2D eigenvalue weighted by molar-refractivity contribution is 5.90. The van der Waals surface area contributed by atoms with Crippen LogP contribution in [0.2, 0.25) is 0 Å². The Morgan fingerprint density at radius 1 is 1.28 bits per heavy atom. The molecule has 3 rings (SSSR count). The molecule has 29 heavy (non-hydrogen) atoms. The Morgan fingerprint density at radius 2 is 2.03 bits per heavy atom. The predicted molar refractivity (Wildman–Crippen MR) is 118 cm³/mol. The summed E-state index contributed by atoms with van der Waals surface area (Å²) >= 11 is 0. The van der Waals surface area contributed by atoms with Gasteiger partial charge < -0.3 is 10.1 Å². The van der Waals surface area contributed by atoms with Crippen molar-refractivity contribution in [1.29, 1.82) is 0 Å². The lowest BCUT2D eigenvalue weighted by Crippen LogP contribution is -2.26. The number of halogens is 2. The Balaban J connectivity index is 0.00000210. The van der Waals surface area contributed by atoms with E-state index in [1.165, 1.54) is 11.6 Å². The molecule has 1 aromatic heterocycles. The van der Waals surface area contributed by atoms with Crippen LogP contribution in [0.3, 0.4) is 0 Å². The Hall–Kier alpha value is -2.32. The molecule has 0 unspecified atom stereocenters. The number of likely N-dealkylation sites (tertiary alicyclic amines) is 1. The van der Waals surface area contributed by atoms with E-state index in [0.29, 0.717) is 6.04 Å². The zero-order valence-electron chi connectivity index (χ0n) is 16.1. The van der Waals surface area contributed by atoms with Crippen LogP contribution in [0.1, 0.15) is 17.5 Å². The van der Waals surface area contributed by atoms with Gasteiger partial charge in [-0.25, -0.2) is 10.5 Å². The van der Waals surface area contributed by atoms with E-state index in [2.05, 4.69) is 27.3 Å². The maximum absolute atomic E-state index is 11.0. The number of nitrogens with one attached hydrogen (secondary N) is 2. The molecule has 1 aliphatic heterocycles. The van der Waals surface area contributed by atoms with E-state index >= 15 is 0 Å². The second-order valence-corrected chi connectivity index (χ2v) is 6.50. The maximum atomic E-state index is 11.0. The third-order valence-electron chi connectivity index (χ3n) is 4.51. The lowest BCUT2D eigenvalue weighted by molar-refractivity contribution is -0.124. The number of hydrogen-bond acceptors (Lipinski definition) is 6. The highest BCUT2D eigenvalue weighted by atomic mass is 35.5. The predicted octanol–water partition coefficient (Wildman–Crippen LogP) is 3.14. The van der Waals surface area contributed by atoms with Gasteiger partial charge in [-0.05, 0) is 47.9 Å². The summed E-state index contributed by atoms with van der Waals surface area (Å²) in [5, 5.41) is 11.9. The van der Waals surface area contributed by atoms with E-state index < -0.39 is 5.91 Å². The molecule has 7 nitrogen and oxygen atoms in total. The zero-order valence-corrected chi connectivity index (χ0v) is 17.7. The Bertz CT molecular complexity index is 785. The number of amides is 1. The van der Waals surface area contributed by atoms with Gasteiger partial charge in [-0.15, -0.1) is 24.8 Å². The normalized spacial score (nSPS) is 16.0. The Labute approximate surface area is 182 Å². The van der Waals surface area contributed by atoms with Crippen molar-refractivity contribution < 1.29 is 14.7 Å². The van der Waals surface area contributed by atoms with E-state index in [4.69, 9.17) is 9.94 Å². The van der Waals surface area contributed by atoms with Crippen LogP contribution in [-0.2, 0) is 11.3 Å². The smallest absolute Gasteiger partial charge is 0.267 e. The summed E-state index contributed by atoms with van der Waals surface area (Å²) in [6, 6.07) is 12.3. The first-order chi connectivity index (χ1) is 13.2. The number of aromatic nitrogens is 1. The molecule has 1 aromatic carbocycles. The average Bonchev–Trinajstić information content (AvgIpc) is 3.14. The monoisotopic (exact) mass is 440 g/mol. The molecule has 1 fully saturated rings. The van der Waals surface area contributed by atoms with Crippen LogP contribution in [0.15, 0.2) is 48.7 Å². The van der Waals surface area contributed by atoms with Crippen molar-refractivity contribution in [2.75, 3.05) is 25.5 Å². The Kier molecular flexibility index (Phi) is 10.5. The molecule has 2 aromatic rings. The molecule has 3 N–H and O–H groups in total. The minimum absolute atomic E-state index is 0. The van der Waals surface area contributed by atoms with Gasteiger partial charge >= 0.3 is 0 Å². The van der Waals surface area contributed by atoms with Gasteiger partial charge in [0.2, 0.25) is 0 Å². The highest BCUT2D eigenvalue weighted by Gasteiger charge is 2.22. The van der Waals surface area contributed by atoms with Gasteiger partial charge in [0.15, 0.2) is 0 Å². The van der Waals surface area contributed by atoms with E-state index in [1.54, 1.807) is 24.9 Å².